The fourth-order valence-electron chi connectivity index (χ4n) is 1.94. The summed E-state index contributed by atoms with van der Waals surface area (Å²) in [6.07, 6.45) is 2.91. The summed E-state index contributed by atoms with van der Waals surface area (Å²) in [5.74, 6) is 1.09. The molecule has 5 heteroatoms. The van der Waals surface area contributed by atoms with Gasteiger partial charge in [-0.1, -0.05) is 0 Å². The third-order valence-corrected chi connectivity index (χ3v) is 3.15. The lowest BCUT2D eigenvalue weighted by Gasteiger charge is -2.07. The predicted octanol–water partition coefficient (Wildman–Crippen LogP) is 2.52. The number of non-ortho nitro benzene ring substituents is 1. The van der Waals surface area contributed by atoms with Crippen molar-refractivity contribution in [1.82, 2.24) is 0 Å². The quantitative estimate of drug-likeness (QED) is 0.573. The summed E-state index contributed by atoms with van der Waals surface area (Å²) in [7, 11) is 1.52. The van der Waals surface area contributed by atoms with Gasteiger partial charge in [-0.2, -0.15) is 0 Å². The Morgan fingerprint density at radius 1 is 1.50 bits per heavy atom. The average Bonchev–Trinajstić information content (AvgIpc) is 3.19. The van der Waals surface area contributed by atoms with E-state index in [2.05, 4.69) is 0 Å². The van der Waals surface area contributed by atoms with Gasteiger partial charge in [0.15, 0.2) is 0 Å². The second-order valence-corrected chi connectivity index (χ2v) is 4.49. The molecular formula is C13H15NO4. The minimum absolute atomic E-state index is 0.0321. The highest BCUT2D eigenvalue weighted by molar-refractivity contribution is 5.83. The van der Waals surface area contributed by atoms with Crippen LogP contribution < -0.4 is 4.74 Å². The second kappa shape index (κ2) is 5.16. The summed E-state index contributed by atoms with van der Waals surface area (Å²) < 4.78 is 5.15. The van der Waals surface area contributed by atoms with Gasteiger partial charge in [0.1, 0.15) is 11.5 Å². The maximum Gasteiger partial charge on any atom is 0.269 e. The number of nitro groups is 1. The summed E-state index contributed by atoms with van der Waals surface area (Å²) in [6, 6.07) is 4.47. The zero-order valence-electron chi connectivity index (χ0n) is 10.2. The highest BCUT2D eigenvalue weighted by Gasteiger charge is 2.29. The molecule has 0 saturated heterocycles. The van der Waals surface area contributed by atoms with Crippen LogP contribution in [0.1, 0.15) is 24.8 Å². The minimum Gasteiger partial charge on any atom is -0.496 e. The van der Waals surface area contributed by atoms with E-state index < -0.39 is 4.92 Å². The Labute approximate surface area is 105 Å². The van der Waals surface area contributed by atoms with Crippen LogP contribution in [0, 0.1) is 16.0 Å². The number of hydrogen-bond donors (Lipinski definition) is 0. The summed E-state index contributed by atoms with van der Waals surface area (Å²) in [5, 5.41) is 10.7. The summed E-state index contributed by atoms with van der Waals surface area (Å²) in [5.41, 5.74) is 0.755. The summed E-state index contributed by atoms with van der Waals surface area (Å²) in [6.45, 7) is 0. The normalized spacial score (nSPS) is 14.3. The molecule has 1 aromatic carbocycles. The maximum atomic E-state index is 11.6. The molecule has 1 saturated carbocycles. The molecule has 18 heavy (non-hydrogen) atoms. The Kier molecular flexibility index (Phi) is 3.60. The van der Waals surface area contributed by atoms with Gasteiger partial charge in [0, 0.05) is 30.0 Å². The average molecular weight is 249 g/mol. The standard InChI is InChI=1S/C13H15NO4/c1-18-13-7-5-11(14(16)17)8-10(13)4-6-12(15)9-2-3-9/h5,7-9H,2-4,6H2,1H3. The number of ether oxygens (including phenoxy) is 1. The van der Waals surface area contributed by atoms with Crippen molar-refractivity contribution in [3.8, 4) is 5.75 Å². The molecular weight excluding hydrogens is 234 g/mol. The molecule has 1 aliphatic rings. The second-order valence-electron chi connectivity index (χ2n) is 4.49. The van der Waals surface area contributed by atoms with Gasteiger partial charge in [0.2, 0.25) is 0 Å². The molecule has 0 N–H and O–H groups in total. The Bertz CT molecular complexity index is 480. The van der Waals surface area contributed by atoms with E-state index in [4.69, 9.17) is 4.74 Å². The van der Waals surface area contributed by atoms with Crippen molar-refractivity contribution in [3.05, 3.63) is 33.9 Å². The zero-order chi connectivity index (χ0) is 13.1. The molecule has 5 nitrogen and oxygen atoms in total. The van der Waals surface area contributed by atoms with E-state index in [-0.39, 0.29) is 17.4 Å². The van der Waals surface area contributed by atoms with Crippen LogP contribution in [0.3, 0.4) is 0 Å². The van der Waals surface area contributed by atoms with Gasteiger partial charge in [-0.3, -0.25) is 14.9 Å². The van der Waals surface area contributed by atoms with Crippen LogP contribution >= 0.6 is 0 Å². The number of hydrogen-bond acceptors (Lipinski definition) is 4. The van der Waals surface area contributed by atoms with Crippen LogP contribution in [-0.4, -0.2) is 17.8 Å². The SMILES string of the molecule is COc1ccc([N+](=O)[O-])cc1CCC(=O)C1CC1. The molecule has 0 radical (unpaired) electrons. The number of carbonyl (C=O) groups excluding carboxylic acids is 1. The largest absolute Gasteiger partial charge is 0.496 e. The first-order chi connectivity index (χ1) is 8.61. The first kappa shape index (κ1) is 12.5. The van der Waals surface area contributed by atoms with Crippen LogP contribution in [0.4, 0.5) is 5.69 Å². The number of nitro benzene ring substituents is 1. The molecule has 2 rings (SSSR count). The molecule has 0 atom stereocenters. The number of benzene rings is 1. The summed E-state index contributed by atoms with van der Waals surface area (Å²) >= 11 is 0. The number of methoxy groups -OCH3 is 1. The Balaban J connectivity index is 2.10. The lowest BCUT2D eigenvalue weighted by molar-refractivity contribution is -0.384. The van der Waals surface area contributed by atoms with E-state index in [9.17, 15) is 14.9 Å². The molecule has 0 aromatic heterocycles. The third-order valence-electron chi connectivity index (χ3n) is 3.15. The summed E-state index contributed by atoms with van der Waals surface area (Å²) in [4.78, 5) is 21.9. The molecule has 0 unspecified atom stereocenters. The first-order valence-electron chi connectivity index (χ1n) is 5.96. The zero-order valence-corrected chi connectivity index (χ0v) is 10.2. The topological polar surface area (TPSA) is 69.4 Å². The van der Waals surface area contributed by atoms with Crippen molar-refractivity contribution < 1.29 is 14.5 Å². The molecule has 0 amide bonds. The van der Waals surface area contributed by atoms with Crippen molar-refractivity contribution in [2.75, 3.05) is 7.11 Å². The molecule has 1 aromatic rings. The van der Waals surface area contributed by atoms with Crippen molar-refractivity contribution >= 4 is 11.5 Å². The van der Waals surface area contributed by atoms with Crippen molar-refractivity contribution in [2.24, 2.45) is 5.92 Å². The van der Waals surface area contributed by atoms with E-state index in [1.54, 1.807) is 6.07 Å². The van der Waals surface area contributed by atoms with Gasteiger partial charge in [0.25, 0.3) is 5.69 Å². The predicted molar refractivity (Wildman–Crippen MR) is 65.7 cm³/mol. The number of Topliss-reactive ketones (excluding diaryl/α,β-unsaturated/α-hetero) is 1. The van der Waals surface area contributed by atoms with Crippen LogP contribution in [0.15, 0.2) is 18.2 Å². The van der Waals surface area contributed by atoms with Crippen molar-refractivity contribution in [2.45, 2.75) is 25.7 Å². The Morgan fingerprint density at radius 3 is 2.78 bits per heavy atom. The van der Waals surface area contributed by atoms with E-state index in [1.165, 1.54) is 19.2 Å². The number of ketones is 1. The van der Waals surface area contributed by atoms with E-state index >= 15 is 0 Å². The monoisotopic (exact) mass is 249 g/mol. The number of nitrogens with zero attached hydrogens (tertiary/aromatic N) is 1. The minimum atomic E-state index is -0.439. The molecule has 0 bridgehead atoms. The lowest BCUT2D eigenvalue weighted by Crippen LogP contribution is -2.03. The van der Waals surface area contributed by atoms with Crippen LogP contribution in [0.2, 0.25) is 0 Å². The van der Waals surface area contributed by atoms with E-state index in [0.717, 1.165) is 18.4 Å². The number of carbonyl (C=O) groups is 1. The first-order valence-corrected chi connectivity index (χ1v) is 5.96. The number of aryl methyl sites for hydroxylation is 1. The van der Waals surface area contributed by atoms with Crippen LogP contribution in [0.25, 0.3) is 0 Å². The molecule has 96 valence electrons. The van der Waals surface area contributed by atoms with Gasteiger partial charge in [-0.15, -0.1) is 0 Å². The molecule has 0 spiro atoms. The fraction of sp³-hybridized carbons (Fsp3) is 0.462. The Morgan fingerprint density at radius 2 is 2.22 bits per heavy atom. The lowest BCUT2D eigenvalue weighted by atomic mass is 10.0. The van der Waals surface area contributed by atoms with Gasteiger partial charge >= 0.3 is 0 Å². The van der Waals surface area contributed by atoms with Crippen LogP contribution in [0.5, 0.6) is 5.75 Å². The maximum absolute atomic E-state index is 11.6. The molecule has 0 heterocycles. The Hall–Kier alpha value is -1.91. The van der Waals surface area contributed by atoms with Gasteiger partial charge in [0.05, 0.1) is 12.0 Å². The van der Waals surface area contributed by atoms with Crippen molar-refractivity contribution in [3.63, 3.8) is 0 Å². The van der Waals surface area contributed by atoms with Crippen molar-refractivity contribution in [1.29, 1.82) is 0 Å². The van der Waals surface area contributed by atoms with Gasteiger partial charge < -0.3 is 4.74 Å². The van der Waals surface area contributed by atoms with Gasteiger partial charge in [-0.05, 0) is 25.3 Å². The molecule has 1 aliphatic carbocycles. The van der Waals surface area contributed by atoms with Crippen LogP contribution in [-0.2, 0) is 11.2 Å². The molecule has 1 fully saturated rings. The fourth-order valence-corrected chi connectivity index (χ4v) is 1.94. The smallest absolute Gasteiger partial charge is 0.269 e. The van der Waals surface area contributed by atoms with Gasteiger partial charge in [-0.25, -0.2) is 0 Å². The number of rotatable bonds is 6. The highest BCUT2D eigenvalue weighted by Crippen LogP contribution is 2.32. The highest BCUT2D eigenvalue weighted by atomic mass is 16.6. The third kappa shape index (κ3) is 2.85. The van der Waals surface area contributed by atoms with E-state index in [1.807, 2.05) is 0 Å². The van der Waals surface area contributed by atoms with E-state index in [0.29, 0.717) is 18.6 Å². The molecule has 0 aliphatic heterocycles.